The summed E-state index contributed by atoms with van der Waals surface area (Å²) in [5, 5.41) is 3.39. The van der Waals surface area contributed by atoms with Gasteiger partial charge in [-0.15, -0.1) is 0 Å². The van der Waals surface area contributed by atoms with E-state index in [2.05, 4.69) is 26.3 Å². The van der Waals surface area contributed by atoms with Crippen LogP contribution in [0.2, 0.25) is 5.02 Å². The number of benzene rings is 1. The molecular weight excluding hydrogens is 314 g/mol. The molecule has 1 aliphatic rings. The summed E-state index contributed by atoms with van der Waals surface area (Å²) in [6.07, 6.45) is 4.68. The highest BCUT2D eigenvalue weighted by atomic mass is 35.5. The molecule has 1 aromatic heterocycles. The van der Waals surface area contributed by atoms with Crippen molar-refractivity contribution in [3.63, 3.8) is 0 Å². The Morgan fingerprint density at radius 1 is 1.52 bits per heavy atom. The molecule has 122 valence electrons. The maximum Gasteiger partial charge on any atom is 0.321 e. The summed E-state index contributed by atoms with van der Waals surface area (Å²) in [4.78, 5) is 22.2. The van der Waals surface area contributed by atoms with E-state index in [-0.39, 0.29) is 6.03 Å². The van der Waals surface area contributed by atoms with E-state index in [4.69, 9.17) is 11.6 Å². The molecule has 0 aliphatic carbocycles. The molecule has 0 spiro atoms. The molecule has 1 aliphatic heterocycles. The van der Waals surface area contributed by atoms with Gasteiger partial charge in [0, 0.05) is 36.5 Å². The fraction of sp³-hybridized carbons (Fsp3) is 0.375. The van der Waals surface area contributed by atoms with Gasteiger partial charge < -0.3 is 10.2 Å². The number of halogens is 1. The van der Waals surface area contributed by atoms with Crippen LogP contribution in [0.4, 0.5) is 16.2 Å². The van der Waals surface area contributed by atoms with Gasteiger partial charge in [-0.1, -0.05) is 11.6 Å². The summed E-state index contributed by atoms with van der Waals surface area (Å²) in [5.41, 5.74) is 4.18. The van der Waals surface area contributed by atoms with Crippen molar-refractivity contribution < 1.29 is 9.78 Å². The topological polar surface area (TPSA) is 65.5 Å². The van der Waals surface area contributed by atoms with Gasteiger partial charge in [0.05, 0.1) is 6.54 Å². The molecule has 0 bridgehead atoms. The summed E-state index contributed by atoms with van der Waals surface area (Å²) in [6.45, 7) is 4.23. The third-order valence-electron chi connectivity index (χ3n) is 4.18. The van der Waals surface area contributed by atoms with Crippen LogP contribution in [0.25, 0.3) is 0 Å². The van der Waals surface area contributed by atoms with Gasteiger partial charge >= 0.3 is 6.03 Å². The molecule has 6 nitrogen and oxygen atoms in total. The molecular formula is C16H21ClN5O+. The Hall–Kier alpha value is -2.21. The van der Waals surface area contributed by atoms with E-state index in [0.717, 1.165) is 47.2 Å². The van der Waals surface area contributed by atoms with Gasteiger partial charge in [0.2, 0.25) is 6.33 Å². The molecule has 23 heavy (non-hydrogen) atoms. The van der Waals surface area contributed by atoms with Gasteiger partial charge in [-0.2, -0.15) is 0 Å². The SMILES string of the molecule is CCN(C(=O)NC)c1cc(Cl)c2c(c1)N(Cc1c[nH+]c[nH]1)CC2. The van der Waals surface area contributed by atoms with Crippen LogP contribution in [0.15, 0.2) is 24.7 Å². The Morgan fingerprint density at radius 2 is 2.35 bits per heavy atom. The number of carbonyl (C=O) groups excluding carboxylic acids is 1. The number of aromatic nitrogens is 2. The van der Waals surface area contributed by atoms with Crippen LogP contribution in [0.3, 0.4) is 0 Å². The molecule has 0 saturated heterocycles. The normalized spacial score (nSPS) is 13.1. The average molecular weight is 335 g/mol. The second-order valence-electron chi connectivity index (χ2n) is 5.52. The zero-order chi connectivity index (χ0) is 16.4. The van der Waals surface area contributed by atoms with Crippen molar-refractivity contribution >= 4 is 29.0 Å². The van der Waals surface area contributed by atoms with E-state index in [1.54, 1.807) is 18.3 Å². The van der Waals surface area contributed by atoms with E-state index in [1.807, 2.05) is 19.2 Å². The number of rotatable bonds is 4. The summed E-state index contributed by atoms with van der Waals surface area (Å²) in [7, 11) is 1.63. The summed E-state index contributed by atoms with van der Waals surface area (Å²) in [5.74, 6) is 0. The maximum absolute atomic E-state index is 12.0. The monoisotopic (exact) mass is 334 g/mol. The number of urea groups is 1. The minimum atomic E-state index is -0.132. The lowest BCUT2D eigenvalue weighted by atomic mass is 10.1. The molecule has 2 amide bonds. The lowest BCUT2D eigenvalue weighted by molar-refractivity contribution is -0.376. The van der Waals surface area contributed by atoms with Crippen molar-refractivity contribution in [1.82, 2.24) is 10.3 Å². The van der Waals surface area contributed by atoms with Gasteiger partial charge in [0.25, 0.3) is 0 Å². The summed E-state index contributed by atoms with van der Waals surface area (Å²) >= 11 is 6.47. The van der Waals surface area contributed by atoms with Crippen molar-refractivity contribution in [1.29, 1.82) is 0 Å². The number of anilines is 2. The Labute approximate surface area is 140 Å². The van der Waals surface area contributed by atoms with Crippen molar-refractivity contribution in [2.75, 3.05) is 29.9 Å². The van der Waals surface area contributed by atoms with E-state index in [9.17, 15) is 4.79 Å². The second-order valence-corrected chi connectivity index (χ2v) is 5.93. The predicted octanol–water partition coefficient (Wildman–Crippen LogP) is 2.21. The molecule has 2 heterocycles. The molecule has 3 N–H and O–H groups in total. The number of imidazole rings is 1. The fourth-order valence-corrected chi connectivity index (χ4v) is 3.32. The van der Waals surface area contributed by atoms with Crippen LogP contribution in [0.5, 0.6) is 0 Å². The quantitative estimate of drug-likeness (QED) is 0.900. The number of fused-ring (bicyclic) bond motifs is 1. The molecule has 0 saturated carbocycles. The van der Waals surface area contributed by atoms with Crippen LogP contribution in [-0.4, -0.2) is 31.2 Å². The lowest BCUT2D eigenvalue weighted by Gasteiger charge is -2.24. The van der Waals surface area contributed by atoms with Crippen LogP contribution < -0.4 is 20.1 Å². The molecule has 0 unspecified atom stereocenters. The molecule has 1 aromatic carbocycles. The smallest absolute Gasteiger partial charge is 0.321 e. The van der Waals surface area contributed by atoms with E-state index in [1.165, 1.54) is 0 Å². The minimum absolute atomic E-state index is 0.132. The first-order valence-corrected chi connectivity index (χ1v) is 8.11. The van der Waals surface area contributed by atoms with Crippen LogP contribution in [0.1, 0.15) is 18.2 Å². The van der Waals surface area contributed by atoms with Crippen LogP contribution in [0, 0.1) is 0 Å². The van der Waals surface area contributed by atoms with Crippen LogP contribution >= 0.6 is 11.6 Å². The first-order valence-electron chi connectivity index (χ1n) is 7.74. The number of hydrogen-bond acceptors (Lipinski definition) is 2. The number of carbonyl (C=O) groups is 1. The first-order chi connectivity index (χ1) is 11.1. The summed E-state index contributed by atoms with van der Waals surface area (Å²) in [6, 6.07) is 3.80. The summed E-state index contributed by atoms with van der Waals surface area (Å²) < 4.78 is 0. The van der Waals surface area contributed by atoms with Gasteiger partial charge in [0.15, 0.2) is 5.69 Å². The van der Waals surface area contributed by atoms with Crippen LogP contribution in [-0.2, 0) is 13.0 Å². The van der Waals surface area contributed by atoms with E-state index in [0.29, 0.717) is 6.54 Å². The molecule has 0 atom stereocenters. The number of amides is 2. The number of H-pyrrole nitrogens is 2. The Bertz CT molecular complexity index is 701. The second kappa shape index (κ2) is 6.50. The van der Waals surface area contributed by atoms with Gasteiger partial charge in [0.1, 0.15) is 6.20 Å². The molecule has 3 rings (SSSR count). The third-order valence-corrected chi connectivity index (χ3v) is 4.51. The molecule has 0 fully saturated rings. The third kappa shape index (κ3) is 2.99. The maximum atomic E-state index is 12.0. The average Bonchev–Trinajstić information content (AvgIpc) is 3.19. The van der Waals surface area contributed by atoms with Crippen molar-refractivity contribution in [3.05, 3.63) is 40.9 Å². The standard InChI is InChI=1S/C16H20ClN5O/c1-3-22(16(23)18-2)12-6-14(17)13-4-5-21(15(13)7-12)9-11-8-19-10-20-11/h6-8,10H,3-5,9H2,1-2H3,(H,18,23)(H,19,20)/p+1. The lowest BCUT2D eigenvalue weighted by Crippen LogP contribution is -2.38. The number of hydrogen-bond donors (Lipinski definition) is 2. The number of nitrogens with one attached hydrogen (secondary N) is 3. The highest BCUT2D eigenvalue weighted by molar-refractivity contribution is 6.32. The Morgan fingerprint density at radius 3 is 3.00 bits per heavy atom. The van der Waals surface area contributed by atoms with E-state index < -0.39 is 0 Å². The Kier molecular flexibility index (Phi) is 4.43. The van der Waals surface area contributed by atoms with Crippen molar-refractivity contribution in [2.45, 2.75) is 19.9 Å². The van der Waals surface area contributed by atoms with Gasteiger partial charge in [-0.3, -0.25) is 4.90 Å². The number of nitrogens with zero attached hydrogens (tertiary/aromatic N) is 2. The fourth-order valence-electron chi connectivity index (χ4n) is 3.02. The highest BCUT2D eigenvalue weighted by Gasteiger charge is 2.25. The first kappa shape index (κ1) is 15.7. The van der Waals surface area contributed by atoms with Crippen molar-refractivity contribution in [2.24, 2.45) is 0 Å². The molecule has 7 heteroatoms. The number of aromatic amines is 2. The highest BCUT2D eigenvalue weighted by Crippen LogP contribution is 2.38. The Balaban J connectivity index is 1.94. The van der Waals surface area contributed by atoms with E-state index >= 15 is 0 Å². The molecule has 0 radical (unpaired) electrons. The van der Waals surface area contributed by atoms with Gasteiger partial charge in [-0.25, -0.2) is 14.8 Å². The zero-order valence-electron chi connectivity index (χ0n) is 13.3. The predicted molar refractivity (Wildman–Crippen MR) is 91.0 cm³/mol. The minimum Gasteiger partial charge on any atom is -0.363 e. The molecule has 2 aromatic rings. The van der Waals surface area contributed by atoms with Gasteiger partial charge in [-0.05, 0) is 31.0 Å². The largest absolute Gasteiger partial charge is 0.363 e. The zero-order valence-corrected chi connectivity index (χ0v) is 14.1. The van der Waals surface area contributed by atoms with Crippen molar-refractivity contribution in [3.8, 4) is 0 Å².